The standard InChI is InChI=1S/C16H15ClF3N3O6S/c1-3-29-11-7-21-12(23-11)13(24)30(27,28)8-4-5-10(9(17)6-8)22-14(25)15(2,26)16(18,19)20/h4-7,26H,3H2,1-2H3,(H,21,23)(H,22,25)/t15-/m1/s1. The number of benzene rings is 1. The maximum atomic E-state index is 12.7. The van der Waals surface area contributed by atoms with E-state index in [-0.39, 0.29) is 19.4 Å². The fourth-order valence-electron chi connectivity index (χ4n) is 2.01. The molecule has 9 nitrogen and oxygen atoms in total. The Labute approximate surface area is 173 Å². The lowest BCUT2D eigenvalue weighted by molar-refractivity contribution is -0.242. The van der Waals surface area contributed by atoms with Crippen LogP contribution in [0.4, 0.5) is 18.9 Å². The molecule has 2 aromatic rings. The van der Waals surface area contributed by atoms with E-state index in [0.29, 0.717) is 0 Å². The van der Waals surface area contributed by atoms with Crippen LogP contribution in [0, 0.1) is 0 Å². The average Bonchev–Trinajstić information content (AvgIpc) is 3.10. The van der Waals surface area contributed by atoms with Gasteiger partial charge in [-0.25, -0.2) is 13.4 Å². The molecule has 2 rings (SSSR count). The Morgan fingerprint density at radius 1 is 1.33 bits per heavy atom. The Bertz CT molecular complexity index is 1080. The number of rotatable bonds is 6. The molecule has 0 aliphatic rings. The van der Waals surface area contributed by atoms with Gasteiger partial charge in [-0.1, -0.05) is 11.6 Å². The third-order valence-electron chi connectivity index (χ3n) is 3.78. The molecule has 164 valence electrons. The van der Waals surface area contributed by atoms with Crippen molar-refractivity contribution in [3.8, 4) is 5.88 Å². The summed E-state index contributed by atoms with van der Waals surface area (Å²) in [4.78, 5) is 29.4. The van der Waals surface area contributed by atoms with Crippen LogP contribution in [0.25, 0.3) is 0 Å². The number of aromatic nitrogens is 2. The Hall–Kier alpha value is -2.64. The van der Waals surface area contributed by atoms with Gasteiger partial charge in [0.05, 0.1) is 28.4 Å². The van der Waals surface area contributed by atoms with Gasteiger partial charge in [-0.05, 0) is 32.0 Å². The number of aliphatic hydroxyl groups is 1. The first-order valence-corrected chi connectivity index (χ1v) is 9.95. The second kappa shape index (κ2) is 8.24. The highest BCUT2D eigenvalue weighted by Gasteiger charge is 2.55. The first-order chi connectivity index (χ1) is 13.7. The third-order valence-corrected chi connectivity index (χ3v) is 5.65. The fraction of sp³-hybridized carbons (Fsp3) is 0.312. The molecule has 1 aromatic heterocycles. The molecular weight excluding hydrogens is 455 g/mol. The molecule has 0 saturated carbocycles. The quantitative estimate of drug-likeness (QED) is 0.590. The van der Waals surface area contributed by atoms with Crippen molar-refractivity contribution in [3.05, 3.63) is 35.2 Å². The van der Waals surface area contributed by atoms with E-state index in [2.05, 4.69) is 9.97 Å². The Morgan fingerprint density at radius 3 is 2.50 bits per heavy atom. The molecule has 0 fully saturated rings. The predicted molar refractivity (Wildman–Crippen MR) is 98.0 cm³/mol. The number of halogens is 4. The summed E-state index contributed by atoms with van der Waals surface area (Å²) in [6.45, 7) is 2.15. The molecule has 1 heterocycles. The first-order valence-electron chi connectivity index (χ1n) is 8.09. The number of hydrogen-bond donors (Lipinski definition) is 3. The molecule has 0 spiro atoms. The van der Waals surface area contributed by atoms with Crippen LogP contribution in [0.2, 0.25) is 5.02 Å². The van der Waals surface area contributed by atoms with Crippen molar-refractivity contribution < 1.29 is 41.0 Å². The van der Waals surface area contributed by atoms with E-state index >= 15 is 0 Å². The van der Waals surface area contributed by atoms with E-state index in [1.807, 2.05) is 0 Å². The van der Waals surface area contributed by atoms with Gasteiger partial charge in [-0.3, -0.25) is 9.59 Å². The van der Waals surface area contributed by atoms with Gasteiger partial charge in [0.2, 0.25) is 21.3 Å². The smallest absolute Gasteiger partial charge is 0.426 e. The number of amides is 1. The summed E-state index contributed by atoms with van der Waals surface area (Å²) < 4.78 is 68.2. The van der Waals surface area contributed by atoms with E-state index in [9.17, 15) is 36.3 Å². The number of hydrogen-bond acceptors (Lipinski definition) is 7. The topological polar surface area (TPSA) is 138 Å². The molecule has 0 unspecified atom stereocenters. The molecule has 1 atom stereocenters. The highest BCUT2D eigenvalue weighted by molar-refractivity contribution is 8.06. The Morgan fingerprint density at radius 2 is 1.97 bits per heavy atom. The fourth-order valence-corrected chi connectivity index (χ4v) is 3.39. The number of alkyl halides is 3. The summed E-state index contributed by atoms with van der Waals surface area (Å²) in [5.74, 6) is -2.28. The average molecular weight is 470 g/mol. The maximum Gasteiger partial charge on any atom is 0.426 e. The lowest BCUT2D eigenvalue weighted by Crippen LogP contribution is -2.52. The molecule has 30 heavy (non-hydrogen) atoms. The second-order valence-corrected chi connectivity index (χ2v) is 8.24. The molecular formula is C16H15ClF3N3O6S. The molecule has 0 bridgehead atoms. The summed E-state index contributed by atoms with van der Waals surface area (Å²) in [7, 11) is -4.63. The van der Waals surface area contributed by atoms with E-state index in [4.69, 9.17) is 16.3 Å². The molecule has 0 saturated heterocycles. The number of ether oxygens (including phenoxy) is 1. The van der Waals surface area contributed by atoms with Gasteiger partial charge >= 0.3 is 11.3 Å². The highest BCUT2D eigenvalue weighted by atomic mass is 35.5. The van der Waals surface area contributed by atoms with Crippen LogP contribution >= 0.6 is 11.6 Å². The van der Waals surface area contributed by atoms with Gasteiger partial charge in [0.1, 0.15) is 0 Å². The first kappa shape index (κ1) is 23.6. The van der Waals surface area contributed by atoms with Gasteiger partial charge in [-0.15, -0.1) is 0 Å². The zero-order valence-electron chi connectivity index (χ0n) is 15.4. The van der Waals surface area contributed by atoms with Crippen LogP contribution in [0.15, 0.2) is 29.3 Å². The van der Waals surface area contributed by atoms with Crippen LogP contribution in [0.5, 0.6) is 5.88 Å². The molecule has 3 N–H and O–H groups in total. The molecule has 0 aliphatic heterocycles. The van der Waals surface area contributed by atoms with Crippen molar-refractivity contribution in [2.75, 3.05) is 11.9 Å². The van der Waals surface area contributed by atoms with E-state index in [1.165, 1.54) is 0 Å². The van der Waals surface area contributed by atoms with E-state index in [0.717, 1.165) is 24.4 Å². The largest absolute Gasteiger partial charge is 0.478 e. The Kier molecular flexibility index (Phi) is 6.49. The van der Waals surface area contributed by atoms with Crippen molar-refractivity contribution in [3.63, 3.8) is 0 Å². The summed E-state index contributed by atoms with van der Waals surface area (Å²) in [6.07, 6.45) is -4.15. The molecule has 0 aliphatic carbocycles. The number of aromatic amines is 1. The molecule has 1 aromatic carbocycles. The number of imidazole rings is 1. The number of nitrogens with one attached hydrogen (secondary N) is 2. The van der Waals surface area contributed by atoms with Crippen LogP contribution in [0.3, 0.4) is 0 Å². The van der Waals surface area contributed by atoms with E-state index in [1.54, 1.807) is 12.2 Å². The second-order valence-electron chi connectivity index (χ2n) is 5.99. The van der Waals surface area contributed by atoms with Crippen molar-refractivity contribution in [2.24, 2.45) is 0 Å². The predicted octanol–water partition coefficient (Wildman–Crippen LogP) is 2.33. The maximum absolute atomic E-state index is 12.7. The van der Waals surface area contributed by atoms with E-state index < -0.39 is 54.1 Å². The summed E-state index contributed by atoms with van der Waals surface area (Å²) in [5.41, 5.74) is -4.12. The van der Waals surface area contributed by atoms with Gasteiger partial charge in [0.15, 0.2) is 5.82 Å². The number of H-pyrrole nitrogens is 1. The monoisotopic (exact) mass is 469 g/mol. The minimum absolute atomic E-state index is 0.0730. The van der Waals surface area contributed by atoms with Crippen LogP contribution in [-0.4, -0.2) is 52.9 Å². The number of nitrogens with zero attached hydrogens (tertiary/aromatic N) is 1. The van der Waals surface area contributed by atoms with Gasteiger partial charge in [-0.2, -0.15) is 13.2 Å². The minimum Gasteiger partial charge on any atom is -0.478 e. The van der Waals surface area contributed by atoms with Gasteiger partial charge in [0.25, 0.3) is 5.91 Å². The Balaban J connectivity index is 2.29. The van der Waals surface area contributed by atoms with Crippen molar-refractivity contribution in [1.29, 1.82) is 0 Å². The minimum atomic E-state index is -5.26. The summed E-state index contributed by atoms with van der Waals surface area (Å²) >= 11 is 5.84. The van der Waals surface area contributed by atoms with Crippen molar-refractivity contribution in [1.82, 2.24) is 9.97 Å². The molecule has 0 radical (unpaired) electrons. The number of sulfone groups is 1. The van der Waals surface area contributed by atoms with Crippen LogP contribution < -0.4 is 10.1 Å². The summed E-state index contributed by atoms with van der Waals surface area (Å²) in [6, 6.07) is 2.49. The zero-order valence-corrected chi connectivity index (χ0v) is 16.9. The van der Waals surface area contributed by atoms with Crippen molar-refractivity contribution >= 4 is 38.1 Å². The van der Waals surface area contributed by atoms with Crippen LogP contribution in [0.1, 0.15) is 24.5 Å². The zero-order chi connectivity index (χ0) is 22.9. The number of carbonyl (C=O) groups excluding carboxylic acids is 2. The lowest BCUT2D eigenvalue weighted by Gasteiger charge is -2.25. The highest BCUT2D eigenvalue weighted by Crippen LogP contribution is 2.33. The normalized spacial score (nSPS) is 14.1. The lowest BCUT2D eigenvalue weighted by atomic mass is 10.1. The molecule has 1 amide bonds. The van der Waals surface area contributed by atoms with Gasteiger partial charge in [0, 0.05) is 0 Å². The molecule has 14 heteroatoms. The van der Waals surface area contributed by atoms with Crippen LogP contribution in [-0.2, 0) is 14.6 Å². The third kappa shape index (κ3) is 4.57. The van der Waals surface area contributed by atoms with Gasteiger partial charge < -0.3 is 20.1 Å². The number of carbonyl (C=O) groups is 2. The summed E-state index contributed by atoms with van der Waals surface area (Å²) in [5, 5.41) is 9.23. The SMILES string of the molecule is CCOc1cnc(C(=O)S(=O)(=O)c2ccc(NC(=O)[C@@](C)(O)C(F)(F)F)c(Cl)c2)[nH]1. The van der Waals surface area contributed by atoms with Crippen molar-refractivity contribution in [2.45, 2.75) is 30.5 Å². The number of anilines is 1.